The lowest BCUT2D eigenvalue weighted by atomic mass is 10.2. The molecule has 0 aliphatic carbocycles. The molecule has 3 rings (SSSR count). The summed E-state index contributed by atoms with van der Waals surface area (Å²) in [5.74, 6) is -3.10. The maximum absolute atomic E-state index is 14.0. The molecule has 0 bridgehead atoms. The van der Waals surface area contributed by atoms with E-state index in [0.717, 1.165) is 6.07 Å². The van der Waals surface area contributed by atoms with E-state index >= 15 is 0 Å². The van der Waals surface area contributed by atoms with Crippen LogP contribution in [0.4, 0.5) is 4.39 Å². The van der Waals surface area contributed by atoms with Crippen LogP contribution in [0.25, 0.3) is 0 Å². The Labute approximate surface area is 137 Å². The molecule has 1 aliphatic heterocycles. The SMILES string of the molecule is O=C(NN1C(=O)CS(=O)(=O)C1c1ccccc1F)c1ccncc1. The minimum absolute atomic E-state index is 0.189. The Bertz CT molecular complexity index is 902. The maximum atomic E-state index is 14.0. The van der Waals surface area contributed by atoms with Gasteiger partial charge in [0.2, 0.25) is 0 Å². The van der Waals surface area contributed by atoms with Crippen LogP contribution in [0.1, 0.15) is 21.3 Å². The quantitative estimate of drug-likeness (QED) is 0.885. The summed E-state index contributed by atoms with van der Waals surface area (Å²) in [7, 11) is -3.98. The molecule has 1 saturated heterocycles. The number of nitrogens with zero attached hydrogens (tertiary/aromatic N) is 2. The van der Waals surface area contributed by atoms with Gasteiger partial charge >= 0.3 is 0 Å². The number of carbonyl (C=O) groups excluding carboxylic acids is 2. The lowest BCUT2D eigenvalue weighted by molar-refractivity contribution is -0.130. The zero-order chi connectivity index (χ0) is 17.3. The molecule has 2 heterocycles. The fraction of sp³-hybridized carbons (Fsp3) is 0.133. The first kappa shape index (κ1) is 16.1. The number of pyridine rings is 1. The molecule has 1 aromatic heterocycles. The summed E-state index contributed by atoms with van der Waals surface area (Å²) in [5, 5.41) is -0.937. The van der Waals surface area contributed by atoms with E-state index in [1.807, 2.05) is 0 Å². The summed E-state index contributed by atoms with van der Waals surface area (Å²) in [5.41, 5.74) is 2.24. The van der Waals surface area contributed by atoms with E-state index < -0.39 is 38.6 Å². The van der Waals surface area contributed by atoms with Crippen LogP contribution in [0.5, 0.6) is 0 Å². The third kappa shape index (κ3) is 2.85. The van der Waals surface area contributed by atoms with Gasteiger partial charge in [-0.3, -0.25) is 20.0 Å². The molecule has 24 heavy (non-hydrogen) atoms. The Balaban J connectivity index is 1.97. The van der Waals surface area contributed by atoms with Crippen molar-refractivity contribution in [2.24, 2.45) is 0 Å². The molecular weight excluding hydrogens is 337 g/mol. The Kier molecular flexibility index (Phi) is 4.02. The predicted octanol–water partition coefficient (Wildman–Crippen LogP) is 0.821. The van der Waals surface area contributed by atoms with Gasteiger partial charge in [-0.25, -0.2) is 17.8 Å². The second-order valence-corrected chi connectivity index (χ2v) is 7.18. The number of carbonyl (C=O) groups is 2. The molecular formula is C15H12FN3O4S. The third-order valence-electron chi connectivity index (χ3n) is 3.50. The van der Waals surface area contributed by atoms with Crippen LogP contribution in [0, 0.1) is 5.82 Å². The first-order chi connectivity index (χ1) is 11.4. The molecule has 1 fully saturated rings. The molecule has 2 amide bonds. The highest BCUT2D eigenvalue weighted by molar-refractivity contribution is 7.92. The average Bonchev–Trinajstić information content (AvgIpc) is 2.77. The van der Waals surface area contributed by atoms with E-state index in [1.54, 1.807) is 0 Å². The number of rotatable bonds is 3. The third-order valence-corrected chi connectivity index (χ3v) is 5.30. The maximum Gasteiger partial charge on any atom is 0.270 e. The standard InChI is InChI=1S/C15H12FN3O4S/c16-12-4-2-1-3-11(12)15-19(13(20)9-24(15,22)23)18-14(21)10-5-7-17-8-6-10/h1-8,15H,9H2,(H,18,21). The number of hydrogen-bond acceptors (Lipinski definition) is 5. The molecule has 7 nitrogen and oxygen atoms in total. The minimum atomic E-state index is -3.98. The number of benzene rings is 1. The fourth-order valence-corrected chi connectivity index (χ4v) is 4.13. The van der Waals surface area contributed by atoms with E-state index in [0.29, 0.717) is 5.01 Å². The number of aromatic nitrogens is 1. The molecule has 1 atom stereocenters. The Morgan fingerprint density at radius 3 is 2.54 bits per heavy atom. The Morgan fingerprint density at radius 2 is 1.88 bits per heavy atom. The molecule has 0 spiro atoms. The lowest BCUT2D eigenvalue weighted by Crippen LogP contribution is -2.45. The van der Waals surface area contributed by atoms with Crippen LogP contribution in [0.2, 0.25) is 0 Å². The van der Waals surface area contributed by atoms with Crippen molar-refractivity contribution in [3.05, 3.63) is 65.7 Å². The first-order valence-corrected chi connectivity index (χ1v) is 8.61. The predicted molar refractivity (Wildman–Crippen MR) is 81.5 cm³/mol. The van der Waals surface area contributed by atoms with Crippen molar-refractivity contribution in [3.63, 3.8) is 0 Å². The van der Waals surface area contributed by atoms with Crippen LogP contribution in [-0.4, -0.2) is 36.0 Å². The topological polar surface area (TPSA) is 96.4 Å². The van der Waals surface area contributed by atoms with Gasteiger partial charge < -0.3 is 0 Å². The smallest absolute Gasteiger partial charge is 0.270 e. The van der Waals surface area contributed by atoms with Crippen LogP contribution in [0.15, 0.2) is 48.8 Å². The molecule has 124 valence electrons. The van der Waals surface area contributed by atoms with Gasteiger partial charge in [0, 0.05) is 23.5 Å². The van der Waals surface area contributed by atoms with Crippen molar-refractivity contribution >= 4 is 21.7 Å². The van der Waals surface area contributed by atoms with Gasteiger partial charge in [-0.15, -0.1) is 0 Å². The number of halogens is 1. The molecule has 1 unspecified atom stereocenters. The van der Waals surface area contributed by atoms with E-state index in [9.17, 15) is 22.4 Å². The van der Waals surface area contributed by atoms with Crippen molar-refractivity contribution < 1.29 is 22.4 Å². The van der Waals surface area contributed by atoms with Crippen molar-refractivity contribution in [3.8, 4) is 0 Å². The summed E-state index contributed by atoms with van der Waals surface area (Å²) in [6, 6.07) is 8.03. The summed E-state index contributed by atoms with van der Waals surface area (Å²) >= 11 is 0. The van der Waals surface area contributed by atoms with Gasteiger partial charge in [0.25, 0.3) is 11.8 Å². The highest BCUT2D eigenvalue weighted by Crippen LogP contribution is 2.33. The van der Waals surface area contributed by atoms with Crippen molar-refractivity contribution in [2.45, 2.75) is 5.37 Å². The molecule has 0 saturated carbocycles. The fourth-order valence-electron chi connectivity index (χ4n) is 2.42. The number of hydrogen-bond donors (Lipinski definition) is 1. The second kappa shape index (κ2) is 6.00. The van der Waals surface area contributed by atoms with E-state index in [1.165, 1.54) is 42.7 Å². The van der Waals surface area contributed by atoms with Gasteiger partial charge in [0.05, 0.1) is 0 Å². The molecule has 1 aliphatic rings. The van der Waals surface area contributed by atoms with Crippen LogP contribution in [0.3, 0.4) is 0 Å². The van der Waals surface area contributed by atoms with E-state index in [-0.39, 0.29) is 11.1 Å². The van der Waals surface area contributed by atoms with Gasteiger partial charge in [0.15, 0.2) is 15.2 Å². The summed E-state index contributed by atoms with van der Waals surface area (Å²) in [4.78, 5) is 28.0. The normalized spacial score (nSPS) is 19.3. The first-order valence-electron chi connectivity index (χ1n) is 6.89. The van der Waals surface area contributed by atoms with Crippen molar-refractivity contribution in [2.75, 3.05) is 5.75 Å². The van der Waals surface area contributed by atoms with Gasteiger partial charge in [-0.05, 0) is 18.2 Å². The number of amides is 2. The summed E-state index contributed by atoms with van der Waals surface area (Å²) in [6.45, 7) is 0. The second-order valence-electron chi connectivity index (χ2n) is 5.12. The molecule has 1 N–H and O–H groups in total. The largest absolute Gasteiger partial charge is 0.272 e. The molecule has 9 heteroatoms. The average molecular weight is 349 g/mol. The van der Waals surface area contributed by atoms with Crippen molar-refractivity contribution in [1.29, 1.82) is 0 Å². The van der Waals surface area contributed by atoms with E-state index in [2.05, 4.69) is 10.4 Å². The zero-order valence-electron chi connectivity index (χ0n) is 12.2. The number of hydrazine groups is 1. The lowest BCUT2D eigenvalue weighted by Gasteiger charge is -2.24. The van der Waals surface area contributed by atoms with Gasteiger partial charge in [-0.1, -0.05) is 18.2 Å². The van der Waals surface area contributed by atoms with Crippen molar-refractivity contribution in [1.82, 2.24) is 15.4 Å². The molecule has 1 aromatic carbocycles. The van der Waals surface area contributed by atoms with Gasteiger partial charge in [-0.2, -0.15) is 0 Å². The van der Waals surface area contributed by atoms with Crippen LogP contribution in [-0.2, 0) is 14.6 Å². The highest BCUT2D eigenvalue weighted by Gasteiger charge is 2.47. The number of sulfone groups is 1. The zero-order valence-corrected chi connectivity index (χ0v) is 13.0. The van der Waals surface area contributed by atoms with Crippen LogP contribution < -0.4 is 5.43 Å². The van der Waals surface area contributed by atoms with E-state index in [4.69, 9.17) is 0 Å². The molecule has 2 aromatic rings. The monoisotopic (exact) mass is 349 g/mol. The summed E-state index contributed by atoms with van der Waals surface area (Å²) in [6.07, 6.45) is 2.76. The molecule has 0 radical (unpaired) electrons. The van der Waals surface area contributed by atoms with Gasteiger partial charge in [0.1, 0.15) is 11.6 Å². The summed E-state index contributed by atoms with van der Waals surface area (Å²) < 4.78 is 38.5. The minimum Gasteiger partial charge on any atom is -0.272 e. The highest BCUT2D eigenvalue weighted by atomic mass is 32.2. The van der Waals surface area contributed by atoms with Crippen LogP contribution >= 0.6 is 0 Å². The Hall–Kier alpha value is -2.81. The Morgan fingerprint density at radius 1 is 1.21 bits per heavy atom. The number of nitrogens with one attached hydrogen (secondary N) is 1.